The lowest BCUT2D eigenvalue weighted by atomic mass is 10.1. The van der Waals surface area contributed by atoms with Crippen molar-refractivity contribution in [1.82, 2.24) is 0 Å². The Bertz CT molecular complexity index is 170. The Hall–Kier alpha value is 0.532. The van der Waals surface area contributed by atoms with Crippen molar-refractivity contribution in [2.24, 2.45) is 0 Å². The van der Waals surface area contributed by atoms with Gasteiger partial charge < -0.3 is 0 Å². The average molecular weight is 338 g/mol. The maximum Gasteiger partial charge on any atom is 0.199 e. The van der Waals surface area contributed by atoms with Gasteiger partial charge in [0.15, 0.2) is 15.2 Å². The summed E-state index contributed by atoms with van der Waals surface area (Å²) >= 11 is 0.783. The maximum absolute atomic E-state index is 2.30. The van der Waals surface area contributed by atoms with Gasteiger partial charge in [-0.15, -0.1) is 10.6 Å². The van der Waals surface area contributed by atoms with Gasteiger partial charge in [-0.25, -0.2) is 0 Å². The molecular weight excluding hydrogens is 291 g/mol. The van der Waals surface area contributed by atoms with Crippen LogP contribution in [0.5, 0.6) is 0 Å². The molecule has 0 fully saturated rings. The molecule has 0 aromatic rings. The summed E-state index contributed by atoms with van der Waals surface area (Å²) in [6.07, 6.45) is 26.6. The van der Waals surface area contributed by atoms with Gasteiger partial charge in [0.2, 0.25) is 0 Å². The molecule has 0 nitrogen and oxygen atoms in total. The highest BCUT2D eigenvalue weighted by molar-refractivity contribution is 6.35. The number of hydrogen-bond acceptors (Lipinski definition) is 0. The van der Waals surface area contributed by atoms with Crippen LogP contribution < -0.4 is 0 Å². The normalized spacial score (nSPS) is 11.0. The van der Waals surface area contributed by atoms with Crippen molar-refractivity contribution in [1.29, 1.82) is 0 Å². The van der Waals surface area contributed by atoms with Crippen molar-refractivity contribution in [3.63, 3.8) is 0 Å². The van der Waals surface area contributed by atoms with Crippen LogP contribution in [-0.4, -0.2) is 15.2 Å². The maximum atomic E-state index is 2.30. The predicted octanol–water partition coefficient (Wildman–Crippen LogP) is 8.59. The Balaban J connectivity index is 2.92. The first-order valence-corrected chi connectivity index (χ1v) is 12.9. The van der Waals surface area contributed by atoms with E-state index in [0.29, 0.717) is 0 Å². The van der Waals surface area contributed by atoms with Crippen LogP contribution >= 0.6 is 0 Å². The van der Waals surface area contributed by atoms with E-state index in [1.165, 1.54) is 116 Å². The first-order chi connectivity index (χ1) is 11.4. The SMILES string of the molecule is CCCCCCCCCC[CH2][Al][CH2]CCCCCCCCCC. The van der Waals surface area contributed by atoms with Crippen LogP contribution in [0.2, 0.25) is 10.6 Å². The number of hydrogen-bond donors (Lipinski definition) is 0. The Morgan fingerprint density at radius 1 is 0.348 bits per heavy atom. The standard InChI is InChI=1S/2C11H23.Al/c2*1-3-5-7-9-11-10-8-6-4-2;/h2*1,3-11H2,2H3;. The summed E-state index contributed by atoms with van der Waals surface area (Å²) < 4.78 is 0. The van der Waals surface area contributed by atoms with E-state index in [9.17, 15) is 0 Å². The zero-order valence-corrected chi connectivity index (χ0v) is 17.9. The summed E-state index contributed by atoms with van der Waals surface area (Å²) in [5.74, 6) is 0. The zero-order valence-electron chi connectivity index (χ0n) is 16.7. The van der Waals surface area contributed by atoms with Crippen molar-refractivity contribution in [3.05, 3.63) is 0 Å². The molecule has 0 saturated heterocycles. The van der Waals surface area contributed by atoms with E-state index in [1.54, 1.807) is 10.6 Å². The number of unbranched alkanes of at least 4 members (excludes halogenated alkanes) is 16. The number of rotatable bonds is 20. The lowest BCUT2D eigenvalue weighted by molar-refractivity contribution is 0.569. The van der Waals surface area contributed by atoms with Gasteiger partial charge in [-0.2, -0.15) is 0 Å². The van der Waals surface area contributed by atoms with E-state index in [4.69, 9.17) is 0 Å². The third-order valence-corrected chi connectivity index (χ3v) is 6.66. The van der Waals surface area contributed by atoms with Gasteiger partial charge in [-0.05, 0) is 0 Å². The van der Waals surface area contributed by atoms with Crippen molar-refractivity contribution < 1.29 is 0 Å². The van der Waals surface area contributed by atoms with Crippen LogP contribution in [0.1, 0.15) is 129 Å². The minimum absolute atomic E-state index is 0.783. The molecule has 0 bridgehead atoms. The van der Waals surface area contributed by atoms with Crippen molar-refractivity contribution in [2.45, 2.75) is 140 Å². The monoisotopic (exact) mass is 337 g/mol. The van der Waals surface area contributed by atoms with E-state index >= 15 is 0 Å². The molecule has 0 aliphatic carbocycles. The highest BCUT2D eigenvalue weighted by Gasteiger charge is 1.96. The second-order valence-corrected chi connectivity index (χ2v) is 9.25. The van der Waals surface area contributed by atoms with Gasteiger partial charge in [-0.3, -0.25) is 0 Å². The summed E-state index contributed by atoms with van der Waals surface area (Å²) in [6.45, 7) is 4.61. The van der Waals surface area contributed by atoms with Crippen LogP contribution in [-0.2, 0) is 0 Å². The summed E-state index contributed by atoms with van der Waals surface area (Å²) in [5.41, 5.74) is 0. The molecule has 0 aliphatic heterocycles. The molecule has 1 heteroatoms. The summed E-state index contributed by atoms with van der Waals surface area (Å²) in [4.78, 5) is 0. The largest absolute Gasteiger partial charge is 0.199 e. The fourth-order valence-corrected chi connectivity index (χ4v) is 4.79. The summed E-state index contributed by atoms with van der Waals surface area (Å²) in [7, 11) is 0. The first-order valence-electron chi connectivity index (χ1n) is 11.2. The van der Waals surface area contributed by atoms with Crippen molar-refractivity contribution >= 4 is 15.2 Å². The molecule has 0 saturated carbocycles. The molecule has 137 valence electrons. The van der Waals surface area contributed by atoms with Crippen LogP contribution in [0.4, 0.5) is 0 Å². The molecule has 0 aromatic carbocycles. The van der Waals surface area contributed by atoms with Crippen LogP contribution in [0, 0.1) is 0 Å². The van der Waals surface area contributed by atoms with E-state index < -0.39 is 0 Å². The fourth-order valence-electron chi connectivity index (χ4n) is 3.34. The van der Waals surface area contributed by atoms with Gasteiger partial charge in [0.25, 0.3) is 0 Å². The van der Waals surface area contributed by atoms with Crippen molar-refractivity contribution in [2.75, 3.05) is 0 Å². The van der Waals surface area contributed by atoms with E-state index in [-0.39, 0.29) is 0 Å². The molecule has 0 aliphatic rings. The molecule has 0 amide bonds. The molecule has 0 atom stereocenters. The average Bonchev–Trinajstić information content (AvgIpc) is 2.57. The van der Waals surface area contributed by atoms with E-state index in [2.05, 4.69) is 13.8 Å². The highest BCUT2D eigenvalue weighted by atomic mass is 27.1. The predicted molar refractivity (Wildman–Crippen MR) is 110 cm³/mol. The Labute approximate surface area is 155 Å². The van der Waals surface area contributed by atoms with E-state index in [0.717, 1.165) is 15.2 Å². The Morgan fingerprint density at radius 2 is 0.609 bits per heavy atom. The Morgan fingerprint density at radius 3 is 0.913 bits per heavy atom. The van der Waals surface area contributed by atoms with E-state index in [1.807, 2.05) is 0 Å². The summed E-state index contributed by atoms with van der Waals surface area (Å²) in [6, 6.07) is 0. The second kappa shape index (κ2) is 22.5. The smallest absolute Gasteiger partial charge is 0.104 e. The molecular formula is C22H46Al. The highest BCUT2D eigenvalue weighted by Crippen LogP contribution is 2.13. The Kier molecular flexibility index (Phi) is 23.1. The van der Waals surface area contributed by atoms with Gasteiger partial charge in [-0.1, -0.05) is 129 Å². The molecule has 23 heavy (non-hydrogen) atoms. The lowest BCUT2D eigenvalue weighted by Crippen LogP contribution is -1.90. The van der Waals surface area contributed by atoms with Gasteiger partial charge in [0, 0.05) is 0 Å². The van der Waals surface area contributed by atoms with Crippen LogP contribution in [0.15, 0.2) is 0 Å². The molecule has 0 unspecified atom stereocenters. The quantitative estimate of drug-likeness (QED) is 0.154. The van der Waals surface area contributed by atoms with Gasteiger partial charge in [0.05, 0.1) is 0 Å². The van der Waals surface area contributed by atoms with Crippen molar-refractivity contribution in [3.8, 4) is 0 Å². The fraction of sp³-hybridized carbons (Fsp3) is 1.00. The van der Waals surface area contributed by atoms with Crippen LogP contribution in [0.3, 0.4) is 0 Å². The third-order valence-electron chi connectivity index (χ3n) is 5.02. The molecule has 1 radical (unpaired) electrons. The molecule has 0 heterocycles. The molecule has 0 aromatic heterocycles. The third kappa shape index (κ3) is 22.5. The van der Waals surface area contributed by atoms with Crippen LogP contribution in [0.25, 0.3) is 0 Å². The van der Waals surface area contributed by atoms with Gasteiger partial charge >= 0.3 is 0 Å². The molecule has 0 spiro atoms. The lowest BCUT2D eigenvalue weighted by Gasteiger charge is -2.03. The minimum Gasteiger partial charge on any atom is -0.104 e. The van der Waals surface area contributed by atoms with Gasteiger partial charge in [0.1, 0.15) is 0 Å². The second-order valence-electron chi connectivity index (χ2n) is 7.52. The first kappa shape index (κ1) is 23.5. The molecule has 0 rings (SSSR count). The zero-order chi connectivity index (χ0) is 16.8. The molecule has 0 N–H and O–H groups in total. The topological polar surface area (TPSA) is 0 Å². The summed E-state index contributed by atoms with van der Waals surface area (Å²) in [5, 5.41) is 3.15. The minimum atomic E-state index is 0.783.